The number of imidazole rings is 1. The van der Waals surface area contributed by atoms with Crippen LogP contribution in [-0.2, 0) is 0 Å². The van der Waals surface area contributed by atoms with E-state index < -0.39 is 0 Å². The molecule has 7 aromatic carbocycles. The van der Waals surface area contributed by atoms with Gasteiger partial charge in [0.05, 0.1) is 27.5 Å². The fraction of sp³-hybridized carbons (Fsp3) is 0. The topological polar surface area (TPSA) is 38.3 Å². The minimum atomic E-state index is 0.840. The van der Waals surface area contributed by atoms with Gasteiger partial charge in [0.25, 0.3) is 0 Å². The Morgan fingerprint density at radius 3 is 1.76 bits per heavy atom. The van der Waals surface area contributed by atoms with Crippen LogP contribution >= 0.6 is 0 Å². The molecule has 12 aromatic rings. The summed E-state index contributed by atoms with van der Waals surface area (Å²) in [5.74, 6) is 0. The lowest BCUT2D eigenvalue weighted by Crippen LogP contribution is -2.10. The Hall–Kier alpha value is -6.98. The molecular weight excluding hydrogens is 627 g/mol. The predicted octanol–water partition coefficient (Wildman–Crippen LogP) is 12.9. The molecule has 12 rings (SSSR count). The average molecular weight is 654 g/mol. The van der Waals surface area contributed by atoms with Crippen LogP contribution in [0.25, 0.3) is 88.1 Å². The summed E-state index contributed by atoms with van der Waals surface area (Å²) < 4.78 is 18.1. The number of hydrogen-bond acceptors (Lipinski definition) is 3. The van der Waals surface area contributed by atoms with E-state index in [1.54, 1.807) is 0 Å². The van der Waals surface area contributed by atoms with Gasteiger partial charge in [0.2, 0.25) is 11.4 Å². The maximum Gasteiger partial charge on any atom is 0.215 e. The summed E-state index contributed by atoms with van der Waals surface area (Å²) in [5, 5.41) is 8.09. The SMILES string of the molecule is c1ccc(N(c2ccc(-c3cccc4ccccc34)cc2)c2cccc3c2n2c4oc5ccccc5c4c4c5c6ccccc6oc5n3c42)cc1. The number of benzene rings is 7. The van der Waals surface area contributed by atoms with Gasteiger partial charge in [-0.05, 0) is 70.4 Å². The van der Waals surface area contributed by atoms with Crippen LogP contribution in [0.2, 0.25) is 0 Å². The van der Waals surface area contributed by atoms with Gasteiger partial charge in [-0.2, -0.15) is 0 Å². The third-order valence-corrected chi connectivity index (χ3v) is 10.6. The quantitative estimate of drug-likeness (QED) is 0.190. The first-order chi connectivity index (χ1) is 25.3. The van der Waals surface area contributed by atoms with E-state index in [4.69, 9.17) is 8.83 Å². The van der Waals surface area contributed by atoms with Crippen LogP contribution in [-0.4, -0.2) is 8.80 Å². The van der Waals surface area contributed by atoms with E-state index in [1.807, 2.05) is 12.1 Å². The average Bonchev–Trinajstić information content (AvgIpc) is 3.97. The molecule has 0 saturated carbocycles. The van der Waals surface area contributed by atoms with Gasteiger partial charge in [-0.3, -0.25) is 8.80 Å². The highest BCUT2D eigenvalue weighted by molar-refractivity contribution is 6.33. The summed E-state index contributed by atoms with van der Waals surface area (Å²) in [6.07, 6.45) is 0. The lowest BCUT2D eigenvalue weighted by molar-refractivity contribution is 0.648. The largest absolute Gasteiger partial charge is 0.439 e. The summed E-state index contributed by atoms with van der Waals surface area (Å²) in [5.41, 5.74) is 12.2. The molecule has 0 bridgehead atoms. The number of aromatic nitrogens is 2. The molecule has 0 N–H and O–H groups in total. The highest BCUT2D eigenvalue weighted by Gasteiger charge is 2.31. The number of anilines is 3. The zero-order valence-electron chi connectivity index (χ0n) is 27.2. The second kappa shape index (κ2) is 9.80. The van der Waals surface area contributed by atoms with Gasteiger partial charge in [0, 0.05) is 27.5 Å². The first kappa shape index (κ1) is 26.9. The Balaban J connectivity index is 1.18. The maximum absolute atomic E-state index is 6.79. The summed E-state index contributed by atoms with van der Waals surface area (Å²) in [6, 6.07) is 57.9. The molecule has 0 aliphatic heterocycles. The van der Waals surface area contributed by atoms with Crippen molar-refractivity contribution in [2.75, 3.05) is 4.90 Å². The summed E-state index contributed by atoms with van der Waals surface area (Å²) in [7, 11) is 0. The molecule has 0 amide bonds. The van der Waals surface area contributed by atoms with Crippen molar-refractivity contribution in [3.05, 3.63) is 164 Å². The highest BCUT2D eigenvalue weighted by atomic mass is 16.3. The van der Waals surface area contributed by atoms with Crippen molar-refractivity contribution in [3.8, 4) is 11.1 Å². The molecule has 51 heavy (non-hydrogen) atoms. The van der Waals surface area contributed by atoms with E-state index in [0.717, 1.165) is 83.3 Å². The Labute approximate surface area is 290 Å². The minimum Gasteiger partial charge on any atom is -0.439 e. The summed E-state index contributed by atoms with van der Waals surface area (Å²) in [6.45, 7) is 0. The summed E-state index contributed by atoms with van der Waals surface area (Å²) in [4.78, 5) is 2.36. The van der Waals surface area contributed by atoms with Gasteiger partial charge < -0.3 is 13.7 Å². The predicted molar refractivity (Wildman–Crippen MR) is 209 cm³/mol. The number of furan rings is 2. The molecule has 0 atom stereocenters. The number of fused-ring (bicyclic) bond motifs is 14. The minimum absolute atomic E-state index is 0.840. The Kier molecular flexibility index (Phi) is 5.17. The third kappa shape index (κ3) is 3.49. The number of rotatable bonds is 4. The van der Waals surface area contributed by atoms with Crippen LogP contribution < -0.4 is 4.90 Å². The van der Waals surface area contributed by atoms with Crippen LogP contribution in [0, 0.1) is 0 Å². The fourth-order valence-corrected chi connectivity index (χ4v) is 8.54. The first-order valence-electron chi connectivity index (χ1n) is 17.3. The van der Waals surface area contributed by atoms with Gasteiger partial charge >= 0.3 is 0 Å². The molecule has 0 aliphatic carbocycles. The monoisotopic (exact) mass is 653 g/mol. The van der Waals surface area contributed by atoms with E-state index in [-0.39, 0.29) is 0 Å². The molecular formula is C46H27N3O2. The molecule has 0 spiro atoms. The molecule has 0 radical (unpaired) electrons. The van der Waals surface area contributed by atoms with Crippen LogP contribution in [0.5, 0.6) is 0 Å². The first-order valence-corrected chi connectivity index (χ1v) is 17.3. The van der Waals surface area contributed by atoms with Crippen molar-refractivity contribution < 1.29 is 8.83 Å². The van der Waals surface area contributed by atoms with Crippen molar-refractivity contribution in [2.45, 2.75) is 0 Å². The van der Waals surface area contributed by atoms with Gasteiger partial charge in [-0.1, -0.05) is 115 Å². The van der Waals surface area contributed by atoms with Crippen molar-refractivity contribution in [3.63, 3.8) is 0 Å². The smallest absolute Gasteiger partial charge is 0.215 e. The number of nitrogens with zero attached hydrogens (tertiary/aromatic N) is 3. The standard InChI is InChI=1S/C46H27N3O2/c1-2-14-30(15-3-1)47(31-26-24-29(25-27-31)33-19-10-13-28-12-4-5-16-32(28)33)36-20-11-21-37-43(36)49-44-42(41-35-18-7-9-23-39(35)51-46(41)49)40-34-17-6-8-22-38(34)50-45(40)48(37)44/h1-27H. The summed E-state index contributed by atoms with van der Waals surface area (Å²) >= 11 is 0. The van der Waals surface area contributed by atoms with Gasteiger partial charge in [0.15, 0.2) is 0 Å². The van der Waals surface area contributed by atoms with Gasteiger partial charge in [0.1, 0.15) is 16.8 Å². The van der Waals surface area contributed by atoms with E-state index in [2.05, 4.69) is 165 Å². The van der Waals surface area contributed by atoms with Crippen LogP contribution in [0.15, 0.2) is 173 Å². The second-order valence-electron chi connectivity index (χ2n) is 13.3. The lowest BCUT2D eigenvalue weighted by atomic mass is 9.98. The molecule has 5 nitrogen and oxygen atoms in total. The zero-order valence-corrected chi connectivity index (χ0v) is 27.2. The van der Waals surface area contributed by atoms with E-state index in [0.29, 0.717) is 0 Å². The van der Waals surface area contributed by atoms with Crippen molar-refractivity contribution in [2.24, 2.45) is 0 Å². The third-order valence-electron chi connectivity index (χ3n) is 10.6. The zero-order chi connectivity index (χ0) is 33.2. The fourth-order valence-electron chi connectivity index (χ4n) is 8.54. The van der Waals surface area contributed by atoms with Crippen LogP contribution in [0.1, 0.15) is 0 Å². The molecule has 0 aliphatic rings. The number of para-hydroxylation sites is 4. The van der Waals surface area contributed by atoms with Crippen molar-refractivity contribution in [1.29, 1.82) is 0 Å². The van der Waals surface area contributed by atoms with E-state index in [1.165, 1.54) is 21.9 Å². The Bertz CT molecular complexity index is 3300. The normalized spacial score (nSPS) is 12.3. The van der Waals surface area contributed by atoms with Gasteiger partial charge in [-0.15, -0.1) is 0 Å². The molecule has 5 heteroatoms. The van der Waals surface area contributed by atoms with Crippen LogP contribution in [0.4, 0.5) is 17.1 Å². The molecule has 0 saturated heterocycles. The molecule has 5 aromatic heterocycles. The highest BCUT2D eigenvalue weighted by Crippen LogP contribution is 2.50. The Morgan fingerprint density at radius 2 is 1.02 bits per heavy atom. The van der Waals surface area contributed by atoms with E-state index >= 15 is 0 Å². The number of hydrogen-bond donors (Lipinski definition) is 0. The second-order valence-corrected chi connectivity index (χ2v) is 13.3. The van der Waals surface area contributed by atoms with Gasteiger partial charge in [-0.25, -0.2) is 0 Å². The molecule has 238 valence electrons. The van der Waals surface area contributed by atoms with Crippen molar-refractivity contribution in [1.82, 2.24) is 8.80 Å². The van der Waals surface area contributed by atoms with E-state index in [9.17, 15) is 0 Å². The Morgan fingerprint density at radius 1 is 0.431 bits per heavy atom. The molecule has 5 heterocycles. The lowest BCUT2D eigenvalue weighted by Gasteiger charge is -2.26. The van der Waals surface area contributed by atoms with Crippen molar-refractivity contribution >= 4 is 94.0 Å². The molecule has 0 unspecified atom stereocenters. The molecule has 0 fully saturated rings. The van der Waals surface area contributed by atoms with Crippen LogP contribution in [0.3, 0.4) is 0 Å². The maximum atomic E-state index is 6.79.